The average Bonchev–Trinajstić information content (AvgIpc) is 2.26. The number of likely N-dealkylation sites (tertiary alicyclic amines) is 1. The predicted molar refractivity (Wildman–Crippen MR) is 71.7 cm³/mol. The number of rotatable bonds is 1. The first-order chi connectivity index (χ1) is 7.58. The van der Waals surface area contributed by atoms with E-state index < -0.39 is 0 Å². The largest absolute Gasteiger partial charge is 0.328 e. The molecular formula is C12H16BrClN2. The Hall–Kier alpha value is -0.0900. The summed E-state index contributed by atoms with van der Waals surface area (Å²) < 4.78 is 0.945. The maximum Gasteiger partial charge on any atom is 0.0551 e. The number of hydrogen-bond acceptors (Lipinski definition) is 2. The first kappa shape index (κ1) is 12.4. The van der Waals surface area contributed by atoms with Crippen LogP contribution in [0, 0.1) is 0 Å². The van der Waals surface area contributed by atoms with Gasteiger partial charge in [-0.05, 0) is 60.1 Å². The Kier molecular flexibility index (Phi) is 3.90. The number of piperidine rings is 1. The fourth-order valence-electron chi connectivity index (χ4n) is 2.22. The van der Waals surface area contributed by atoms with Crippen molar-refractivity contribution in [3.63, 3.8) is 0 Å². The van der Waals surface area contributed by atoms with Crippen LogP contribution in [0.2, 0.25) is 5.02 Å². The summed E-state index contributed by atoms with van der Waals surface area (Å²) >= 11 is 9.53. The van der Waals surface area contributed by atoms with E-state index >= 15 is 0 Å². The summed E-state index contributed by atoms with van der Waals surface area (Å²) in [7, 11) is 2.15. The van der Waals surface area contributed by atoms with Crippen molar-refractivity contribution in [2.45, 2.75) is 24.9 Å². The van der Waals surface area contributed by atoms with Crippen LogP contribution < -0.4 is 5.73 Å². The second kappa shape index (κ2) is 5.05. The highest BCUT2D eigenvalue weighted by Gasteiger charge is 2.25. The second-order valence-electron chi connectivity index (χ2n) is 4.45. The molecular weight excluding hydrogens is 288 g/mol. The third-order valence-corrected chi connectivity index (χ3v) is 4.47. The quantitative estimate of drug-likeness (QED) is 0.863. The molecule has 0 aliphatic carbocycles. The Morgan fingerprint density at radius 3 is 2.94 bits per heavy atom. The summed E-state index contributed by atoms with van der Waals surface area (Å²) in [6.45, 7) is 1.06. The smallest absolute Gasteiger partial charge is 0.0551 e. The normalized spacial score (nSPS) is 27.0. The van der Waals surface area contributed by atoms with Crippen LogP contribution in [-0.2, 0) is 0 Å². The lowest BCUT2D eigenvalue weighted by Crippen LogP contribution is -2.39. The summed E-state index contributed by atoms with van der Waals surface area (Å²) in [4.78, 5) is 2.35. The van der Waals surface area contributed by atoms with Crippen molar-refractivity contribution in [3.8, 4) is 0 Å². The van der Waals surface area contributed by atoms with Crippen molar-refractivity contribution < 1.29 is 0 Å². The topological polar surface area (TPSA) is 29.3 Å². The van der Waals surface area contributed by atoms with Crippen LogP contribution in [0.25, 0.3) is 0 Å². The number of nitrogens with zero attached hydrogens (tertiary/aromatic N) is 1. The van der Waals surface area contributed by atoms with Gasteiger partial charge in [-0.3, -0.25) is 4.90 Å². The summed E-state index contributed by atoms with van der Waals surface area (Å²) in [6.07, 6.45) is 2.09. The van der Waals surface area contributed by atoms with E-state index in [1.165, 1.54) is 5.56 Å². The highest BCUT2D eigenvalue weighted by atomic mass is 79.9. The molecule has 1 saturated heterocycles. The molecule has 0 radical (unpaired) electrons. The van der Waals surface area contributed by atoms with Crippen molar-refractivity contribution >= 4 is 27.5 Å². The van der Waals surface area contributed by atoms with Crippen molar-refractivity contribution in [3.05, 3.63) is 33.3 Å². The van der Waals surface area contributed by atoms with Gasteiger partial charge >= 0.3 is 0 Å². The van der Waals surface area contributed by atoms with Crippen molar-refractivity contribution in [1.29, 1.82) is 0 Å². The highest BCUT2D eigenvalue weighted by Crippen LogP contribution is 2.32. The molecule has 16 heavy (non-hydrogen) atoms. The van der Waals surface area contributed by atoms with E-state index in [-0.39, 0.29) is 0 Å². The molecule has 0 saturated carbocycles. The van der Waals surface area contributed by atoms with E-state index in [1.807, 2.05) is 12.1 Å². The highest BCUT2D eigenvalue weighted by molar-refractivity contribution is 9.10. The first-order valence-electron chi connectivity index (χ1n) is 5.48. The molecule has 1 aliphatic heterocycles. The van der Waals surface area contributed by atoms with Gasteiger partial charge < -0.3 is 5.73 Å². The Morgan fingerprint density at radius 1 is 1.50 bits per heavy atom. The van der Waals surface area contributed by atoms with E-state index in [2.05, 4.69) is 33.9 Å². The molecule has 2 nitrogen and oxygen atoms in total. The van der Waals surface area contributed by atoms with Crippen LogP contribution >= 0.6 is 27.5 Å². The molecule has 0 bridgehead atoms. The van der Waals surface area contributed by atoms with Crippen molar-refractivity contribution in [2.75, 3.05) is 13.6 Å². The lowest BCUT2D eigenvalue weighted by Gasteiger charge is -2.36. The first-order valence-corrected chi connectivity index (χ1v) is 6.66. The van der Waals surface area contributed by atoms with Gasteiger partial charge in [0.1, 0.15) is 0 Å². The van der Waals surface area contributed by atoms with Crippen molar-refractivity contribution in [1.82, 2.24) is 4.90 Å². The van der Waals surface area contributed by atoms with Gasteiger partial charge in [0.05, 0.1) is 5.02 Å². The summed E-state index contributed by atoms with van der Waals surface area (Å²) in [5.74, 6) is 0. The molecule has 0 aromatic heterocycles. The van der Waals surface area contributed by atoms with E-state index in [0.717, 1.165) is 28.9 Å². The average molecular weight is 304 g/mol. The van der Waals surface area contributed by atoms with E-state index in [0.29, 0.717) is 12.1 Å². The molecule has 2 atom stereocenters. The number of benzene rings is 1. The zero-order valence-corrected chi connectivity index (χ0v) is 11.6. The van der Waals surface area contributed by atoms with Crippen molar-refractivity contribution in [2.24, 2.45) is 5.73 Å². The Labute approximate surface area is 110 Å². The van der Waals surface area contributed by atoms with Gasteiger partial charge in [-0.25, -0.2) is 0 Å². The predicted octanol–water partition coefficient (Wildman–Crippen LogP) is 3.20. The van der Waals surface area contributed by atoms with Crippen LogP contribution in [-0.4, -0.2) is 24.5 Å². The number of hydrogen-bond donors (Lipinski definition) is 1. The van der Waals surface area contributed by atoms with Gasteiger partial charge in [0.15, 0.2) is 0 Å². The lowest BCUT2D eigenvalue weighted by molar-refractivity contribution is 0.171. The third-order valence-electron chi connectivity index (χ3n) is 3.24. The molecule has 0 spiro atoms. The molecule has 1 fully saturated rings. The molecule has 4 heteroatoms. The molecule has 2 unspecified atom stereocenters. The van der Waals surface area contributed by atoms with E-state index in [9.17, 15) is 0 Å². The SMILES string of the molecule is CN1CCC(N)CC1c1ccc(Br)c(Cl)c1. The molecule has 1 heterocycles. The lowest BCUT2D eigenvalue weighted by atomic mass is 9.93. The monoisotopic (exact) mass is 302 g/mol. The standard InChI is InChI=1S/C12H16BrClN2/c1-16-5-4-9(15)7-12(16)8-2-3-10(13)11(14)6-8/h2-3,6,9,12H,4-5,7,15H2,1H3. The van der Waals surface area contributed by atoms with Gasteiger partial charge in [0.25, 0.3) is 0 Å². The van der Waals surface area contributed by atoms with E-state index in [4.69, 9.17) is 17.3 Å². The Bertz CT molecular complexity index is 383. The van der Waals surface area contributed by atoms with Crippen LogP contribution in [0.4, 0.5) is 0 Å². The number of nitrogens with two attached hydrogens (primary N) is 1. The zero-order valence-electron chi connectivity index (χ0n) is 9.29. The molecule has 1 aliphatic rings. The van der Waals surface area contributed by atoms with Gasteiger partial charge in [-0.1, -0.05) is 17.7 Å². The fourth-order valence-corrected chi connectivity index (χ4v) is 2.66. The van der Waals surface area contributed by atoms with Gasteiger partial charge in [0, 0.05) is 16.6 Å². The molecule has 1 aromatic carbocycles. The van der Waals surface area contributed by atoms with Crippen LogP contribution in [0.15, 0.2) is 22.7 Å². The van der Waals surface area contributed by atoms with Gasteiger partial charge in [-0.15, -0.1) is 0 Å². The molecule has 0 amide bonds. The maximum atomic E-state index is 6.12. The van der Waals surface area contributed by atoms with Crippen LogP contribution in [0.1, 0.15) is 24.4 Å². The molecule has 2 rings (SSSR count). The minimum Gasteiger partial charge on any atom is -0.328 e. The van der Waals surface area contributed by atoms with Gasteiger partial charge in [-0.2, -0.15) is 0 Å². The summed E-state index contributed by atoms with van der Waals surface area (Å²) in [5, 5.41) is 0.769. The Balaban J connectivity index is 2.24. The van der Waals surface area contributed by atoms with Crippen LogP contribution in [0.5, 0.6) is 0 Å². The summed E-state index contributed by atoms with van der Waals surface area (Å²) in [6, 6.07) is 6.86. The third kappa shape index (κ3) is 2.59. The minimum atomic E-state index is 0.309. The number of halogens is 2. The van der Waals surface area contributed by atoms with Crippen LogP contribution in [0.3, 0.4) is 0 Å². The molecule has 2 N–H and O–H groups in total. The molecule has 88 valence electrons. The van der Waals surface area contributed by atoms with Gasteiger partial charge in [0.2, 0.25) is 0 Å². The zero-order chi connectivity index (χ0) is 11.7. The second-order valence-corrected chi connectivity index (χ2v) is 5.72. The molecule has 1 aromatic rings. The Morgan fingerprint density at radius 2 is 2.25 bits per heavy atom. The summed E-state index contributed by atoms with van der Waals surface area (Å²) in [5.41, 5.74) is 7.28. The maximum absolute atomic E-state index is 6.12. The van der Waals surface area contributed by atoms with E-state index in [1.54, 1.807) is 0 Å². The fraction of sp³-hybridized carbons (Fsp3) is 0.500. The minimum absolute atomic E-state index is 0.309.